The van der Waals surface area contributed by atoms with Gasteiger partial charge in [-0.05, 0) is 34.4 Å². The summed E-state index contributed by atoms with van der Waals surface area (Å²) in [4.78, 5) is 23.8. The zero-order valence-corrected chi connectivity index (χ0v) is 14.9. The molecule has 136 valence electrons. The van der Waals surface area contributed by atoms with Gasteiger partial charge in [-0.3, -0.25) is 4.79 Å². The minimum Gasteiger partial charge on any atom is -0.478 e. The molecule has 27 heavy (non-hydrogen) atoms. The van der Waals surface area contributed by atoms with Gasteiger partial charge in [0.25, 0.3) is 0 Å². The van der Waals surface area contributed by atoms with E-state index >= 15 is 0 Å². The highest BCUT2D eigenvalue weighted by Crippen LogP contribution is 2.21. The summed E-state index contributed by atoms with van der Waals surface area (Å²) < 4.78 is 0. The standard InChI is InChI=1S/C23H21NO3/c25-22(24-14-13-17-7-2-1-3-8-17)16-20(23(26)27)15-19-11-6-10-18-9-4-5-12-21(18)19/h1-12,15H,13-14,16H2,(H,24,25)(H,26,27)/b20-15-. The molecule has 0 bridgehead atoms. The Bertz CT molecular complexity index is 972. The van der Waals surface area contributed by atoms with E-state index in [1.165, 1.54) is 0 Å². The maximum Gasteiger partial charge on any atom is 0.332 e. The lowest BCUT2D eigenvalue weighted by Gasteiger charge is -2.07. The molecule has 0 radical (unpaired) electrons. The third kappa shape index (κ3) is 5.05. The van der Waals surface area contributed by atoms with Crippen LogP contribution in [0.5, 0.6) is 0 Å². The van der Waals surface area contributed by atoms with Crippen molar-refractivity contribution in [2.24, 2.45) is 0 Å². The summed E-state index contributed by atoms with van der Waals surface area (Å²) >= 11 is 0. The van der Waals surface area contributed by atoms with E-state index in [1.54, 1.807) is 6.08 Å². The van der Waals surface area contributed by atoms with Crippen LogP contribution in [0.1, 0.15) is 17.5 Å². The minimum atomic E-state index is -1.08. The maximum atomic E-state index is 12.2. The first-order valence-corrected chi connectivity index (χ1v) is 8.86. The molecule has 1 amide bonds. The fraction of sp³-hybridized carbons (Fsp3) is 0.130. The number of carboxylic acid groups (broad SMARTS) is 1. The molecule has 4 heteroatoms. The molecule has 0 saturated carbocycles. The van der Waals surface area contributed by atoms with E-state index in [1.807, 2.05) is 72.8 Å². The molecular formula is C23H21NO3. The molecule has 0 aromatic heterocycles. The van der Waals surface area contributed by atoms with Gasteiger partial charge in [0.2, 0.25) is 5.91 Å². The molecular weight excluding hydrogens is 338 g/mol. The van der Waals surface area contributed by atoms with Crippen molar-refractivity contribution in [1.29, 1.82) is 0 Å². The predicted octanol–water partition coefficient (Wildman–Crippen LogP) is 4.06. The molecule has 3 rings (SSSR count). The summed E-state index contributed by atoms with van der Waals surface area (Å²) in [5, 5.41) is 14.3. The number of carbonyl (C=O) groups excluding carboxylic acids is 1. The van der Waals surface area contributed by atoms with E-state index in [2.05, 4.69) is 5.32 Å². The summed E-state index contributed by atoms with van der Waals surface area (Å²) in [5.74, 6) is -1.37. The first kappa shape index (κ1) is 18.4. The molecule has 0 heterocycles. The number of carboxylic acids is 1. The monoisotopic (exact) mass is 359 g/mol. The zero-order valence-electron chi connectivity index (χ0n) is 14.9. The van der Waals surface area contributed by atoms with Gasteiger partial charge in [-0.25, -0.2) is 4.79 Å². The topological polar surface area (TPSA) is 66.4 Å². The number of rotatable bonds is 7. The van der Waals surface area contributed by atoms with Gasteiger partial charge in [0.15, 0.2) is 0 Å². The van der Waals surface area contributed by atoms with Crippen molar-refractivity contribution in [1.82, 2.24) is 5.32 Å². The lowest BCUT2D eigenvalue weighted by Crippen LogP contribution is -2.26. The van der Waals surface area contributed by atoms with Gasteiger partial charge >= 0.3 is 5.97 Å². The van der Waals surface area contributed by atoms with Gasteiger partial charge < -0.3 is 10.4 Å². The molecule has 0 fully saturated rings. The van der Waals surface area contributed by atoms with Crippen molar-refractivity contribution in [3.63, 3.8) is 0 Å². The molecule has 4 nitrogen and oxygen atoms in total. The number of nitrogens with one attached hydrogen (secondary N) is 1. The van der Waals surface area contributed by atoms with E-state index in [-0.39, 0.29) is 17.9 Å². The lowest BCUT2D eigenvalue weighted by molar-refractivity contribution is -0.134. The molecule has 0 unspecified atom stereocenters. The van der Waals surface area contributed by atoms with E-state index < -0.39 is 5.97 Å². The molecule has 0 atom stereocenters. The molecule has 3 aromatic rings. The third-order valence-electron chi connectivity index (χ3n) is 4.36. The van der Waals surface area contributed by atoms with Crippen molar-refractivity contribution in [2.75, 3.05) is 6.54 Å². The molecule has 0 aliphatic heterocycles. The van der Waals surface area contributed by atoms with E-state index in [4.69, 9.17) is 0 Å². The van der Waals surface area contributed by atoms with Crippen LogP contribution in [0.4, 0.5) is 0 Å². The third-order valence-corrected chi connectivity index (χ3v) is 4.36. The summed E-state index contributed by atoms with van der Waals surface area (Å²) in [5.41, 5.74) is 1.99. The quantitative estimate of drug-likeness (QED) is 0.625. The fourth-order valence-corrected chi connectivity index (χ4v) is 2.98. The van der Waals surface area contributed by atoms with Crippen molar-refractivity contribution in [2.45, 2.75) is 12.8 Å². The van der Waals surface area contributed by atoms with Crippen LogP contribution >= 0.6 is 0 Å². The number of amides is 1. The van der Waals surface area contributed by atoms with Crippen molar-refractivity contribution >= 4 is 28.7 Å². The zero-order chi connectivity index (χ0) is 19.1. The highest BCUT2D eigenvalue weighted by atomic mass is 16.4. The average Bonchev–Trinajstić information content (AvgIpc) is 2.68. The second-order valence-electron chi connectivity index (χ2n) is 6.31. The Morgan fingerprint density at radius 1 is 0.889 bits per heavy atom. The number of hydrogen-bond acceptors (Lipinski definition) is 2. The van der Waals surface area contributed by atoms with E-state index in [0.717, 1.165) is 21.9 Å². The Balaban J connectivity index is 1.69. The molecule has 0 aliphatic rings. The van der Waals surface area contributed by atoms with Gasteiger partial charge in [0.05, 0.1) is 6.42 Å². The van der Waals surface area contributed by atoms with Crippen molar-refractivity contribution in [3.8, 4) is 0 Å². The molecule has 0 aliphatic carbocycles. The normalized spacial score (nSPS) is 11.3. The van der Waals surface area contributed by atoms with Gasteiger partial charge in [-0.1, -0.05) is 72.8 Å². The predicted molar refractivity (Wildman–Crippen MR) is 107 cm³/mol. The maximum absolute atomic E-state index is 12.2. The Morgan fingerprint density at radius 2 is 1.59 bits per heavy atom. The lowest BCUT2D eigenvalue weighted by atomic mass is 10.0. The van der Waals surface area contributed by atoms with Crippen LogP contribution in [0.15, 0.2) is 78.4 Å². The molecule has 2 N–H and O–H groups in total. The Hall–Kier alpha value is -3.40. The molecule has 0 spiro atoms. The smallest absolute Gasteiger partial charge is 0.332 e. The number of carbonyl (C=O) groups is 2. The van der Waals surface area contributed by atoms with E-state index in [0.29, 0.717) is 13.0 Å². The van der Waals surface area contributed by atoms with Crippen LogP contribution in [0.25, 0.3) is 16.8 Å². The van der Waals surface area contributed by atoms with Crippen molar-refractivity contribution < 1.29 is 14.7 Å². The number of benzene rings is 3. The highest BCUT2D eigenvalue weighted by Gasteiger charge is 2.13. The minimum absolute atomic E-state index is 0.0727. The van der Waals surface area contributed by atoms with Crippen LogP contribution < -0.4 is 5.32 Å². The van der Waals surface area contributed by atoms with E-state index in [9.17, 15) is 14.7 Å². The molecule has 3 aromatic carbocycles. The summed E-state index contributed by atoms with van der Waals surface area (Å²) in [6.07, 6.45) is 2.14. The van der Waals surface area contributed by atoms with Crippen LogP contribution in [-0.2, 0) is 16.0 Å². The van der Waals surface area contributed by atoms with Gasteiger partial charge in [-0.15, -0.1) is 0 Å². The average molecular weight is 359 g/mol. The second kappa shape index (κ2) is 8.81. The summed E-state index contributed by atoms with van der Waals surface area (Å²) in [6.45, 7) is 0.476. The number of fused-ring (bicyclic) bond motifs is 1. The Kier molecular flexibility index (Phi) is 6.00. The summed E-state index contributed by atoms with van der Waals surface area (Å²) in [7, 11) is 0. The van der Waals surface area contributed by atoms with Crippen LogP contribution in [-0.4, -0.2) is 23.5 Å². The van der Waals surface area contributed by atoms with Crippen LogP contribution in [0.3, 0.4) is 0 Å². The number of hydrogen-bond donors (Lipinski definition) is 2. The van der Waals surface area contributed by atoms with Crippen LogP contribution in [0.2, 0.25) is 0 Å². The highest BCUT2D eigenvalue weighted by molar-refractivity contribution is 6.01. The van der Waals surface area contributed by atoms with Gasteiger partial charge in [-0.2, -0.15) is 0 Å². The fourth-order valence-electron chi connectivity index (χ4n) is 2.98. The SMILES string of the molecule is O=C(C/C(=C/c1cccc2ccccc12)C(=O)O)NCCc1ccccc1. The number of aliphatic carboxylic acids is 1. The largest absolute Gasteiger partial charge is 0.478 e. The Morgan fingerprint density at radius 3 is 2.37 bits per heavy atom. The first-order valence-electron chi connectivity index (χ1n) is 8.86. The first-order chi connectivity index (χ1) is 13.1. The van der Waals surface area contributed by atoms with Gasteiger partial charge in [0, 0.05) is 12.1 Å². The van der Waals surface area contributed by atoms with Crippen LogP contribution in [0, 0.1) is 0 Å². The summed E-state index contributed by atoms with van der Waals surface area (Å²) in [6, 6.07) is 23.3. The Labute approximate surface area is 158 Å². The second-order valence-corrected chi connectivity index (χ2v) is 6.31. The van der Waals surface area contributed by atoms with Crippen molar-refractivity contribution in [3.05, 3.63) is 89.5 Å². The molecule has 0 saturated heterocycles. The van der Waals surface area contributed by atoms with Gasteiger partial charge in [0.1, 0.15) is 0 Å².